The molecule has 0 radical (unpaired) electrons. The molecule has 0 N–H and O–H groups in total. The number of carbonyl (C=O) groups is 1. The molecule has 0 saturated heterocycles. The lowest BCUT2D eigenvalue weighted by molar-refractivity contribution is -0.145. The smallest absolute Gasteiger partial charge is 0.372 e. The highest BCUT2D eigenvalue weighted by atomic mass is 35.5. The first-order valence-electron chi connectivity index (χ1n) is 6.42. The van der Waals surface area contributed by atoms with Gasteiger partial charge in [0.05, 0.1) is 11.2 Å². The van der Waals surface area contributed by atoms with Gasteiger partial charge in [-0.3, -0.25) is 0 Å². The molecule has 2 rings (SSSR count). The van der Waals surface area contributed by atoms with Crippen molar-refractivity contribution in [3.63, 3.8) is 0 Å². The summed E-state index contributed by atoms with van der Waals surface area (Å²) in [6.07, 6.45) is 1.45. The normalized spacial score (nSPS) is 10.7. The van der Waals surface area contributed by atoms with E-state index in [9.17, 15) is 4.79 Å². The van der Waals surface area contributed by atoms with Crippen molar-refractivity contribution >= 4 is 35.4 Å². The summed E-state index contributed by atoms with van der Waals surface area (Å²) < 4.78 is 5.23. The lowest BCUT2D eigenvalue weighted by atomic mass is 10.2. The van der Waals surface area contributed by atoms with Crippen LogP contribution in [-0.2, 0) is 9.63 Å². The van der Waals surface area contributed by atoms with E-state index in [-0.39, 0.29) is 6.61 Å². The Labute approximate surface area is 138 Å². The predicted octanol–water partition coefficient (Wildman–Crippen LogP) is 4.26. The van der Waals surface area contributed by atoms with Crippen molar-refractivity contribution in [2.24, 2.45) is 5.16 Å². The zero-order valence-corrected chi connectivity index (χ0v) is 13.3. The number of halogens is 2. The first kappa shape index (κ1) is 16.3. The molecule has 0 aromatic heterocycles. The third-order valence-electron chi connectivity index (χ3n) is 2.67. The first-order chi connectivity index (χ1) is 10.5. The zero-order chi connectivity index (χ0) is 15.9. The summed E-state index contributed by atoms with van der Waals surface area (Å²) in [6, 6.07) is 12.3. The van der Waals surface area contributed by atoms with Gasteiger partial charge in [-0.25, -0.2) is 4.79 Å². The highest BCUT2D eigenvalue weighted by Crippen LogP contribution is 2.27. The molecule has 2 aromatic rings. The minimum atomic E-state index is -0.630. The van der Waals surface area contributed by atoms with E-state index >= 15 is 0 Å². The van der Waals surface area contributed by atoms with Crippen LogP contribution < -0.4 is 4.74 Å². The molecule has 0 unspecified atom stereocenters. The molecule has 4 nitrogen and oxygen atoms in total. The number of hydrogen-bond donors (Lipinski definition) is 0. The van der Waals surface area contributed by atoms with Crippen molar-refractivity contribution in [1.29, 1.82) is 0 Å². The summed E-state index contributed by atoms with van der Waals surface area (Å²) in [5.41, 5.74) is 1.97. The summed E-state index contributed by atoms with van der Waals surface area (Å²) in [5, 5.41) is 4.42. The lowest BCUT2D eigenvalue weighted by Crippen LogP contribution is -2.12. The van der Waals surface area contributed by atoms with Gasteiger partial charge in [0.25, 0.3) is 0 Å². The Morgan fingerprint density at radius 1 is 1.18 bits per heavy atom. The van der Waals surface area contributed by atoms with Crippen molar-refractivity contribution in [3.8, 4) is 5.75 Å². The summed E-state index contributed by atoms with van der Waals surface area (Å²) in [4.78, 5) is 16.2. The third-order valence-corrected chi connectivity index (χ3v) is 3.20. The second kappa shape index (κ2) is 7.82. The molecule has 22 heavy (non-hydrogen) atoms. The van der Waals surface area contributed by atoms with E-state index < -0.39 is 5.97 Å². The number of rotatable bonds is 5. The van der Waals surface area contributed by atoms with Gasteiger partial charge in [0.15, 0.2) is 6.61 Å². The quantitative estimate of drug-likeness (QED) is 0.465. The van der Waals surface area contributed by atoms with Gasteiger partial charge in [-0.2, -0.15) is 0 Å². The number of nitrogens with zero attached hydrogens (tertiary/aromatic N) is 1. The van der Waals surface area contributed by atoms with Gasteiger partial charge in [-0.15, -0.1) is 0 Å². The van der Waals surface area contributed by atoms with Gasteiger partial charge >= 0.3 is 5.97 Å². The van der Waals surface area contributed by atoms with Crippen LogP contribution in [0.1, 0.15) is 11.1 Å². The van der Waals surface area contributed by atoms with Crippen LogP contribution in [-0.4, -0.2) is 18.8 Å². The molecule has 6 heteroatoms. The molecule has 0 amide bonds. The molecule has 0 saturated carbocycles. The lowest BCUT2D eigenvalue weighted by Gasteiger charge is -2.06. The number of oxime groups is 1. The van der Waals surface area contributed by atoms with Gasteiger partial charge in [-0.1, -0.05) is 58.2 Å². The Morgan fingerprint density at radius 2 is 1.91 bits per heavy atom. The minimum absolute atomic E-state index is 0.299. The van der Waals surface area contributed by atoms with Crippen LogP contribution in [0.25, 0.3) is 0 Å². The summed E-state index contributed by atoms with van der Waals surface area (Å²) >= 11 is 11.7. The van der Waals surface area contributed by atoms with Crippen LogP contribution in [0.4, 0.5) is 0 Å². The Balaban J connectivity index is 1.81. The maximum Gasteiger partial charge on any atom is 0.372 e. The van der Waals surface area contributed by atoms with Crippen LogP contribution >= 0.6 is 23.2 Å². The molecular weight excluding hydrogens is 325 g/mol. The molecule has 0 heterocycles. The van der Waals surface area contributed by atoms with Gasteiger partial charge in [0.2, 0.25) is 0 Å². The fraction of sp³-hybridized carbons (Fsp3) is 0.125. The molecular formula is C16H13Cl2NO3. The second-order valence-corrected chi connectivity index (χ2v) is 5.32. The summed E-state index contributed by atoms with van der Waals surface area (Å²) in [7, 11) is 0. The maximum atomic E-state index is 11.5. The topological polar surface area (TPSA) is 47.9 Å². The Kier molecular flexibility index (Phi) is 5.81. The average molecular weight is 338 g/mol. The number of ether oxygens (including phenoxy) is 1. The largest absolute Gasteiger partial charge is 0.480 e. The standard InChI is InChI=1S/C16H13Cl2NO3/c1-11-2-4-12(5-3-11)9-19-22-16(20)10-21-15-7-6-13(17)8-14(15)18/h2-9H,10H2,1H3/b19-9-. The van der Waals surface area contributed by atoms with E-state index in [4.69, 9.17) is 32.8 Å². The SMILES string of the molecule is Cc1ccc(/C=N\OC(=O)COc2ccc(Cl)cc2Cl)cc1. The van der Waals surface area contributed by atoms with E-state index in [1.165, 1.54) is 12.3 Å². The van der Waals surface area contributed by atoms with E-state index in [1.807, 2.05) is 31.2 Å². The number of aryl methyl sites for hydroxylation is 1. The Hall–Kier alpha value is -2.04. The molecule has 0 aliphatic heterocycles. The molecule has 2 aromatic carbocycles. The van der Waals surface area contributed by atoms with Gasteiger partial charge in [0.1, 0.15) is 5.75 Å². The highest BCUT2D eigenvalue weighted by Gasteiger charge is 2.07. The molecule has 114 valence electrons. The fourth-order valence-corrected chi connectivity index (χ4v) is 2.02. The Bertz CT molecular complexity index is 684. The highest BCUT2D eigenvalue weighted by molar-refractivity contribution is 6.35. The molecule has 0 aliphatic rings. The van der Waals surface area contributed by atoms with E-state index in [0.717, 1.165) is 11.1 Å². The van der Waals surface area contributed by atoms with Crippen molar-refractivity contribution in [1.82, 2.24) is 0 Å². The van der Waals surface area contributed by atoms with Crippen LogP contribution in [0, 0.1) is 6.92 Å². The molecule has 0 spiro atoms. The van der Waals surface area contributed by atoms with Crippen LogP contribution in [0.3, 0.4) is 0 Å². The fourth-order valence-electron chi connectivity index (χ4n) is 1.55. The molecule has 0 fully saturated rings. The maximum absolute atomic E-state index is 11.5. The van der Waals surface area contributed by atoms with Crippen molar-refractivity contribution in [2.75, 3.05) is 6.61 Å². The monoisotopic (exact) mass is 337 g/mol. The third kappa shape index (κ3) is 5.06. The average Bonchev–Trinajstić information content (AvgIpc) is 2.48. The Morgan fingerprint density at radius 3 is 2.59 bits per heavy atom. The van der Waals surface area contributed by atoms with E-state index in [0.29, 0.717) is 15.8 Å². The number of benzene rings is 2. The molecule has 0 aliphatic carbocycles. The van der Waals surface area contributed by atoms with Crippen molar-refractivity contribution in [3.05, 3.63) is 63.6 Å². The van der Waals surface area contributed by atoms with Crippen LogP contribution in [0.2, 0.25) is 10.0 Å². The summed E-state index contributed by atoms with van der Waals surface area (Å²) in [6.45, 7) is 1.69. The van der Waals surface area contributed by atoms with Gasteiger partial charge in [0, 0.05) is 5.02 Å². The van der Waals surface area contributed by atoms with Crippen molar-refractivity contribution < 1.29 is 14.4 Å². The van der Waals surface area contributed by atoms with Gasteiger partial charge in [-0.05, 0) is 30.7 Å². The number of carbonyl (C=O) groups excluding carboxylic acids is 1. The van der Waals surface area contributed by atoms with E-state index in [1.54, 1.807) is 12.1 Å². The molecule has 0 bridgehead atoms. The second-order valence-electron chi connectivity index (χ2n) is 4.47. The minimum Gasteiger partial charge on any atom is -0.480 e. The van der Waals surface area contributed by atoms with Crippen LogP contribution in [0.5, 0.6) is 5.75 Å². The van der Waals surface area contributed by atoms with Gasteiger partial charge < -0.3 is 9.57 Å². The number of hydrogen-bond acceptors (Lipinski definition) is 4. The van der Waals surface area contributed by atoms with Crippen LogP contribution in [0.15, 0.2) is 47.6 Å². The van der Waals surface area contributed by atoms with E-state index in [2.05, 4.69) is 5.16 Å². The zero-order valence-electron chi connectivity index (χ0n) is 11.8. The predicted molar refractivity (Wildman–Crippen MR) is 86.8 cm³/mol. The molecule has 0 atom stereocenters. The first-order valence-corrected chi connectivity index (χ1v) is 7.18. The van der Waals surface area contributed by atoms with Crippen molar-refractivity contribution in [2.45, 2.75) is 6.92 Å². The summed E-state index contributed by atoms with van der Waals surface area (Å²) in [5.74, 6) is -0.278.